The predicted octanol–water partition coefficient (Wildman–Crippen LogP) is 1.98. The van der Waals surface area contributed by atoms with Crippen LogP contribution in [0.15, 0.2) is 54.6 Å². The molecule has 46 nitrogen and oxygen atoms in total. The van der Waals surface area contributed by atoms with E-state index >= 15 is 24.0 Å². The molecule has 0 bridgehead atoms. The minimum absolute atomic E-state index is 0.0321. The van der Waals surface area contributed by atoms with Crippen molar-refractivity contribution in [1.29, 1.82) is 0 Å². The number of hydrogen-bond acceptors (Lipinski definition) is 29. The fraction of sp³-hybridized carbons (Fsp3) is 0.634. The van der Waals surface area contributed by atoms with E-state index < -0.39 is 315 Å². The van der Waals surface area contributed by atoms with Crippen LogP contribution < -0.4 is 52.6 Å². The fourth-order valence-corrected chi connectivity index (χ4v) is 18.1. The lowest BCUT2D eigenvalue weighted by Crippen LogP contribution is -2.62. The van der Waals surface area contributed by atoms with E-state index in [9.17, 15) is 112 Å². The largest absolute Gasteiger partial charge is 0.509 e. The molecule has 0 aromatic heterocycles. The van der Waals surface area contributed by atoms with Crippen LogP contribution >= 0.6 is 21.6 Å². The van der Waals surface area contributed by atoms with Crippen molar-refractivity contribution in [2.24, 2.45) is 35.5 Å². The standard InChI is InChI=1S/C93H135N13O33S2/c1-15-50(8)75-70(108)44-56(107)43-58(49(6)7)77(115)51(9)78(116)97-64(39-47(2)3)84(122)106-36-20-24-67(106)86(124)104(13)69(42-55-25-27-57(136-14)28-26-55)91(133)138-52(10)76(82(120)101-75)102-81(119)68(40-48(4)5)103(12)85(123)66-23-19-35-105(66)83(121)53(11)139-93(135)137-37-38-140-141-46-65(90(131)132)98-79(117)62(41-54-21-17-16-18-22-54)96-80(118)63(45-74(113)114)95-72(110)32-29-59(87(125)126)94-71(109)33-30-60(88(127)128)99-92(134)100-61(89(129)130)31-34-73(111)112/h16-18,21-22,25-28,47-53,58-70,75-76,108H,15,19-20,23-24,29-46H2,1-14H3,(H,94,109)(H,95,110)(H,96,118)(H,97,116)(H,98,117)(H,101,120)(H,102,119)(H,111,112)(H,113,114)(H,125,126)(H,127,128)(H,129,130)(H,131,132)(H2,99,100,134)/t50-,51-,52+,53-,58-,59+,60+,61+,62+,63+,64?,65+,66?,67-,68-,69-,70-,75+,76-/m1/s1. The summed E-state index contributed by atoms with van der Waals surface area (Å²) in [6.45, 7) is 17.5. The zero-order valence-corrected chi connectivity index (χ0v) is 83.1. The number of aliphatic carboxylic acids is 6. The van der Waals surface area contributed by atoms with Crippen LogP contribution in [-0.4, -0.2) is 335 Å². The van der Waals surface area contributed by atoms with Crippen LogP contribution in [-0.2, 0) is 123 Å². The number of amides is 13. The summed E-state index contributed by atoms with van der Waals surface area (Å²) < 4.78 is 22.2. The highest BCUT2D eigenvalue weighted by Crippen LogP contribution is 2.31. The van der Waals surface area contributed by atoms with E-state index in [1.165, 1.54) is 59.0 Å². The van der Waals surface area contributed by atoms with Gasteiger partial charge in [0.15, 0.2) is 6.10 Å². The highest BCUT2D eigenvalue weighted by Gasteiger charge is 2.48. The average Bonchev–Trinajstić information content (AvgIpc) is 1.32. The molecule has 0 aliphatic carbocycles. The van der Waals surface area contributed by atoms with E-state index in [0.717, 1.165) is 36.3 Å². The van der Waals surface area contributed by atoms with Crippen LogP contribution in [0, 0.1) is 35.5 Å². The smallest absolute Gasteiger partial charge is 0.497 e. The SMILES string of the molecule is CC[C@@H](C)[C@@H]1NC(=O)[C@H](NC(=O)[C@@H](CC(C)C)N(C)C(=O)C2CCCN2C(=O)[C@@H](C)OC(=O)OCCSSC[C@H](NC(=O)[C@H](Cc2ccccc2)NC(=O)[C@H](CC(=O)O)NC(=O)CC[C@H](NC(=O)CC[C@H](NC(=O)N[C@@H](CCC(=O)O)C(=O)O)C(=O)O)C(=O)O)C(=O)O)[C@H](C)OC(=O)[C@@H](Cc2ccc(OC)cc2)N(C)C(=O)[C@H]2CCCN2C(=O)C(CC(C)C)NC(=O)[C@H](C)C(=O)[C@@H](C(C)C)CC(=O)C[C@H]1O. The van der Waals surface area contributed by atoms with Crippen molar-refractivity contribution in [3.63, 3.8) is 0 Å². The highest BCUT2D eigenvalue weighted by molar-refractivity contribution is 8.76. The Morgan fingerprint density at radius 1 is 0.617 bits per heavy atom. The Morgan fingerprint density at radius 3 is 1.74 bits per heavy atom. The second-order valence-corrected chi connectivity index (χ2v) is 39.0. The van der Waals surface area contributed by atoms with Crippen molar-refractivity contribution in [2.45, 2.75) is 289 Å². The predicted molar refractivity (Wildman–Crippen MR) is 504 cm³/mol. The Morgan fingerprint density at radius 2 is 1.18 bits per heavy atom. The number of aliphatic hydroxyl groups excluding tert-OH is 1. The summed E-state index contributed by atoms with van der Waals surface area (Å²) in [4.78, 5) is 304. The number of carbonyl (C=O) groups excluding carboxylic acids is 16. The van der Waals surface area contributed by atoms with Gasteiger partial charge in [0.2, 0.25) is 59.1 Å². The number of likely N-dealkylation sites (N-methyl/N-ethyl adjacent to an activating group) is 2. The molecule has 19 atom stereocenters. The molecule has 48 heteroatoms. The molecule has 16 N–H and O–H groups in total. The number of methoxy groups -OCH3 is 1. The van der Waals surface area contributed by atoms with E-state index in [1.54, 1.807) is 84.0 Å². The Labute approximate surface area is 823 Å². The molecular weight excluding hydrogens is 1890 g/mol. The Balaban J connectivity index is 1.28. The third kappa shape index (κ3) is 38.0. The van der Waals surface area contributed by atoms with Gasteiger partial charge in [-0.05, 0) is 125 Å². The first-order valence-corrected chi connectivity index (χ1v) is 49.1. The average molecular weight is 2030 g/mol. The fourth-order valence-electron chi connectivity index (χ4n) is 16.1. The van der Waals surface area contributed by atoms with Crippen molar-refractivity contribution < 1.29 is 160 Å². The first kappa shape index (κ1) is 119. The first-order chi connectivity index (χ1) is 66.3. The zero-order valence-electron chi connectivity index (χ0n) is 81.5. The van der Waals surface area contributed by atoms with Crippen LogP contribution in [0.4, 0.5) is 9.59 Å². The molecule has 2 aromatic carbocycles. The number of urea groups is 1. The van der Waals surface area contributed by atoms with Gasteiger partial charge in [-0.25, -0.2) is 33.6 Å². The number of esters is 1. The Kier molecular flexibility index (Phi) is 48.7. The summed E-state index contributed by atoms with van der Waals surface area (Å²) in [6.07, 6.45) is -12.1. The van der Waals surface area contributed by atoms with Crippen molar-refractivity contribution in [2.75, 3.05) is 52.4 Å². The van der Waals surface area contributed by atoms with Crippen LogP contribution in [0.2, 0.25) is 0 Å². The third-order valence-electron chi connectivity index (χ3n) is 24.4. The number of likely N-dealkylation sites (tertiary alicyclic amines) is 1. The van der Waals surface area contributed by atoms with Gasteiger partial charge in [-0.3, -0.25) is 71.9 Å². The topological polar surface area (TPSA) is 675 Å². The molecule has 2 aromatic rings. The number of ketones is 2. The number of fused-ring (bicyclic) bond motifs is 1. The van der Waals surface area contributed by atoms with Crippen LogP contribution in [0.3, 0.4) is 0 Å². The molecule has 0 radical (unpaired) electrons. The number of carbonyl (C=O) groups is 22. The number of hydrogen-bond donors (Lipinski definition) is 16. The van der Waals surface area contributed by atoms with Gasteiger partial charge in [0.25, 0.3) is 5.91 Å². The number of Topliss-reactive ketones (excluding diaryl/α,β-unsaturated/α-hetero) is 2. The first-order valence-electron chi connectivity index (χ1n) is 46.6. The maximum absolute atomic E-state index is 15.4. The number of rotatable bonds is 47. The van der Waals surface area contributed by atoms with Crippen molar-refractivity contribution in [3.05, 3.63) is 65.7 Å². The van der Waals surface area contributed by atoms with Crippen molar-refractivity contribution in [3.8, 4) is 5.75 Å². The van der Waals surface area contributed by atoms with Gasteiger partial charge < -0.3 is 122 Å². The molecule has 5 rings (SSSR count). The normalized spacial score (nSPS) is 21.6. The second kappa shape index (κ2) is 57.8. The van der Waals surface area contributed by atoms with Gasteiger partial charge in [0.05, 0.1) is 31.6 Å². The van der Waals surface area contributed by atoms with Crippen LogP contribution in [0.5, 0.6) is 5.75 Å². The molecule has 3 fully saturated rings. The minimum atomic E-state index is -1.98. The molecule has 3 saturated heterocycles. The molecule has 3 aliphatic heterocycles. The summed E-state index contributed by atoms with van der Waals surface area (Å²) in [6, 6.07) is -7.59. The third-order valence-corrected chi connectivity index (χ3v) is 26.7. The summed E-state index contributed by atoms with van der Waals surface area (Å²) in [5.41, 5.74) is 0.901. The van der Waals surface area contributed by atoms with Crippen molar-refractivity contribution >= 4 is 152 Å². The number of nitrogens with zero attached hydrogens (tertiary/aromatic N) is 4. The molecule has 0 saturated carbocycles. The van der Waals surface area contributed by atoms with E-state index in [2.05, 4.69) is 37.2 Å². The number of carboxylic acid groups (broad SMARTS) is 6. The molecule has 13 amide bonds. The van der Waals surface area contributed by atoms with E-state index in [1.807, 2.05) is 24.5 Å². The monoisotopic (exact) mass is 2030 g/mol. The lowest BCUT2D eigenvalue weighted by Gasteiger charge is -2.36. The lowest BCUT2D eigenvalue weighted by molar-refractivity contribution is -0.162. The summed E-state index contributed by atoms with van der Waals surface area (Å²) in [7, 11) is 5.94. The quantitative estimate of drug-likeness (QED) is 0.0195. The summed E-state index contributed by atoms with van der Waals surface area (Å²) in [5.74, 6) is -26.4. The van der Waals surface area contributed by atoms with E-state index in [-0.39, 0.29) is 81.4 Å². The van der Waals surface area contributed by atoms with Gasteiger partial charge >= 0.3 is 54.0 Å². The maximum Gasteiger partial charge on any atom is 0.509 e. The van der Waals surface area contributed by atoms with Crippen LogP contribution in [0.1, 0.15) is 190 Å². The molecular formula is C93H135N13O33S2. The number of benzene rings is 2. The Hall–Kier alpha value is -12.8. The molecule has 141 heavy (non-hydrogen) atoms. The molecule has 2 unspecified atom stereocenters. The number of carboxylic acids is 6. The lowest BCUT2D eigenvalue weighted by atomic mass is 9.80. The van der Waals surface area contributed by atoms with Gasteiger partial charge in [-0.2, -0.15) is 0 Å². The second-order valence-electron chi connectivity index (χ2n) is 36.4. The number of aliphatic hydroxyl groups is 1. The Bertz CT molecular complexity index is 4740. The van der Waals surface area contributed by atoms with Gasteiger partial charge in [0.1, 0.15) is 103 Å². The minimum Gasteiger partial charge on any atom is -0.497 e. The number of nitrogens with one attached hydrogen (secondary N) is 9. The maximum atomic E-state index is 15.4. The van der Waals surface area contributed by atoms with Gasteiger partial charge in [0, 0.05) is 89.6 Å². The molecule has 0 spiro atoms. The molecule has 782 valence electrons. The highest BCUT2D eigenvalue weighted by atomic mass is 33.1. The van der Waals surface area contributed by atoms with Crippen LogP contribution in [0.25, 0.3) is 0 Å². The van der Waals surface area contributed by atoms with Gasteiger partial charge in [-0.15, -0.1) is 0 Å². The molecule has 3 aliphatic rings. The summed E-state index contributed by atoms with van der Waals surface area (Å²) in [5, 5.41) is 90.9. The number of ether oxygens (including phenoxy) is 4. The van der Waals surface area contributed by atoms with E-state index in [4.69, 9.17) is 24.1 Å². The zero-order chi connectivity index (χ0) is 106. The molecule has 3 heterocycles. The number of cyclic esters (lactones) is 1. The summed E-state index contributed by atoms with van der Waals surface area (Å²) >= 11 is 0. The van der Waals surface area contributed by atoms with E-state index in [0.29, 0.717) is 29.7 Å². The van der Waals surface area contributed by atoms with Crippen molar-refractivity contribution in [1.82, 2.24) is 67.5 Å². The van der Waals surface area contributed by atoms with Gasteiger partial charge in [-0.1, -0.05) is 126 Å².